The number of hydrogen-bond acceptors (Lipinski definition) is 3. The highest BCUT2D eigenvalue weighted by Crippen LogP contribution is 2.42. The predicted molar refractivity (Wildman–Crippen MR) is 101 cm³/mol. The van der Waals surface area contributed by atoms with E-state index >= 15 is 0 Å². The van der Waals surface area contributed by atoms with Crippen molar-refractivity contribution in [1.29, 1.82) is 0 Å². The fraction of sp³-hybridized carbons (Fsp3) is 0.455. The standard InChI is InChI=1S/C22H28N2O/c23-14-21-19-12-7-13-22(25-16-17-8-3-1-4-9-17)20(19)15-24(21)18-10-5-2-6-11-18/h1,3-4,7-9,12-13,18,21H,2,5-6,10-11,14-16,23H2. The van der Waals surface area contributed by atoms with Gasteiger partial charge in [-0.1, -0.05) is 61.7 Å². The van der Waals surface area contributed by atoms with Crippen molar-refractivity contribution in [1.82, 2.24) is 4.90 Å². The molecule has 25 heavy (non-hydrogen) atoms. The van der Waals surface area contributed by atoms with Gasteiger partial charge in [0.05, 0.1) is 0 Å². The van der Waals surface area contributed by atoms with Crippen LogP contribution in [0.25, 0.3) is 0 Å². The van der Waals surface area contributed by atoms with E-state index < -0.39 is 0 Å². The fourth-order valence-electron chi connectivity index (χ4n) is 4.46. The minimum atomic E-state index is 0.346. The Morgan fingerprint density at radius 1 is 0.960 bits per heavy atom. The third kappa shape index (κ3) is 3.44. The average molecular weight is 336 g/mol. The molecule has 0 aromatic heterocycles. The van der Waals surface area contributed by atoms with Gasteiger partial charge in [0, 0.05) is 30.7 Å². The molecule has 1 atom stereocenters. The fourth-order valence-corrected chi connectivity index (χ4v) is 4.46. The van der Waals surface area contributed by atoms with Gasteiger partial charge in [-0.2, -0.15) is 0 Å². The van der Waals surface area contributed by atoms with E-state index in [1.807, 2.05) is 6.07 Å². The first kappa shape index (κ1) is 16.6. The van der Waals surface area contributed by atoms with Crippen molar-refractivity contribution < 1.29 is 4.74 Å². The van der Waals surface area contributed by atoms with Gasteiger partial charge in [-0.25, -0.2) is 0 Å². The minimum Gasteiger partial charge on any atom is -0.489 e. The maximum Gasteiger partial charge on any atom is 0.124 e. The van der Waals surface area contributed by atoms with Gasteiger partial charge in [0.1, 0.15) is 12.4 Å². The molecule has 4 rings (SSSR count). The van der Waals surface area contributed by atoms with Gasteiger partial charge in [0.2, 0.25) is 0 Å². The summed E-state index contributed by atoms with van der Waals surface area (Å²) in [6, 6.07) is 17.9. The van der Waals surface area contributed by atoms with Crippen LogP contribution in [0.5, 0.6) is 5.75 Å². The van der Waals surface area contributed by atoms with E-state index in [9.17, 15) is 0 Å². The zero-order valence-electron chi connectivity index (χ0n) is 14.9. The first-order valence-electron chi connectivity index (χ1n) is 9.61. The molecule has 1 fully saturated rings. The van der Waals surface area contributed by atoms with E-state index in [-0.39, 0.29) is 0 Å². The van der Waals surface area contributed by atoms with Gasteiger partial charge in [0.25, 0.3) is 0 Å². The maximum atomic E-state index is 6.20. The lowest BCUT2D eigenvalue weighted by Gasteiger charge is -2.35. The molecule has 0 spiro atoms. The van der Waals surface area contributed by atoms with E-state index in [1.165, 1.54) is 48.8 Å². The summed E-state index contributed by atoms with van der Waals surface area (Å²) in [6.07, 6.45) is 6.71. The number of benzene rings is 2. The average Bonchev–Trinajstić information content (AvgIpc) is 3.07. The van der Waals surface area contributed by atoms with Crippen LogP contribution in [0.4, 0.5) is 0 Å². The second kappa shape index (κ2) is 7.59. The van der Waals surface area contributed by atoms with Crippen molar-refractivity contribution in [2.75, 3.05) is 6.54 Å². The molecule has 2 aliphatic rings. The van der Waals surface area contributed by atoms with E-state index in [4.69, 9.17) is 10.5 Å². The Hall–Kier alpha value is -1.84. The summed E-state index contributed by atoms with van der Waals surface area (Å²) in [5, 5.41) is 0. The molecule has 0 radical (unpaired) electrons. The molecule has 2 N–H and O–H groups in total. The minimum absolute atomic E-state index is 0.346. The Morgan fingerprint density at radius 2 is 1.76 bits per heavy atom. The van der Waals surface area contributed by atoms with Gasteiger partial charge < -0.3 is 10.5 Å². The van der Waals surface area contributed by atoms with Crippen LogP contribution in [0.1, 0.15) is 54.8 Å². The first-order valence-corrected chi connectivity index (χ1v) is 9.61. The summed E-state index contributed by atoms with van der Waals surface area (Å²) in [5.41, 5.74) is 10.1. The van der Waals surface area contributed by atoms with Gasteiger partial charge >= 0.3 is 0 Å². The highest BCUT2D eigenvalue weighted by Gasteiger charge is 2.36. The molecule has 0 amide bonds. The summed E-state index contributed by atoms with van der Waals surface area (Å²) in [5.74, 6) is 1.03. The molecule has 1 unspecified atom stereocenters. The van der Waals surface area contributed by atoms with Crippen LogP contribution in [-0.4, -0.2) is 17.5 Å². The Balaban J connectivity index is 1.54. The number of hydrogen-bond donors (Lipinski definition) is 1. The van der Waals surface area contributed by atoms with Crippen LogP contribution >= 0.6 is 0 Å². The van der Waals surface area contributed by atoms with Gasteiger partial charge in [-0.15, -0.1) is 0 Å². The lowest BCUT2D eigenvalue weighted by molar-refractivity contribution is 0.116. The number of rotatable bonds is 5. The van der Waals surface area contributed by atoms with Crippen LogP contribution in [0.2, 0.25) is 0 Å². The van der Waals surface area contributed by atoms with Crippen LogP contribution in [0.15, 0.2) is 48.5 Å². The zero-order chi connectivity index (χ0) is 17.1. The Morgan fingerprint density at radius 3 is 2.52 bits per heavy atom. The highest BCUT2D eigenvalue weighted by atomic mass is 16.5. The summed E-state index contributed by atoms with van der Waals surface area (Å²) in [6.45, 7) is 2.28. The summed E-state index contributed by atoms with van der Waals surface area (Å²) in [4.78, 5) is 2.64. The van der Waals surface area contributed by atoms with Gasteiger partial charge in [0.15, 0.2) is 0 Å². The van der Waals surface area contributed by atoms with E-state index in [2.05, 4.69) is 47.4 Å². The van der Waals surface area contributed by atoms with E-state index in [1.54, 1.807) is 0 Å². The topological polar surface area (TPSA) is 38.5 Å². The number of nitrogens with zero attached hydrogens (tertiary/aromatic N) is 1. The van der Waals surface area contributed by atoms with Crippen molar-refractivity contribution in [3.05, 3.63) is 65.2 Å². The Bertz CT molecular complexity index is 694. The van der Waals surface area contributed by atoms with Gasteiger partial charge in [-0.3, -0.25) is 4.90 Å². The molecular weight excluding hydrogens is 308 g/mol. The number of fused-ring (bicyclic) bond motifs is 1. The molecule has 3 nitrogen and oxygen atoms in total. The predicted octanol–water partition coefficient (Wildman–Crippen LogP) is 4.41. The largest absolute Gasteiger partial charge is 0.489 e. The molecule has 2 aromatic rings. The lowest BCUT2D eigenvalue weighted by Crippen LogP contribution is -2.38. The maximum absolute atomic E-state index is 6.20. The van der Waals surface area contributed by atoms with E-state index in [0.29, 0.717) is 25.2 Å². The van der Waals surface area contributed by atoms with Crippen molar-refractivity contribution in [2.45, 2.75) is 57.3 Å². The second-order valence-electron chi connectivity index (χ2n) is 7.31. The van der Waals surface area contributed by atoms with Crippen molar-refractivity contribution in [2.24, 2.45) is 5.73 Å². The summed E-state index contributed by atoms with van der Waals surface area (Å²) >= 11 is 0. The van der Waals surface area contributed by atoms with Crippen LogP contribution in [0.3, 0.4) is 0 Å². The SMILES string of the molecule is NCC1c2cccc(OCc3ccccc3)c2CN1C1CCCCC1. The third-order valence-electron chi connectivity index (χ3n) is 5.77. The monoisotopic (exact) mass is 336 g/mol. The molecule has 2 aromatic carbocycles. The van der Waals surface area contributed by atoms with E-state index in [0.717, 1.165) is 12.3 Å². The van der Waals surface area contributed by atoms with Crippen LogP contribution < -0.4 is 10.5 Å². The number of ether oxygens (including phenoxy) is 1. The third-order valence-corrected chi connectivity index (χ3v) is 5.77. The molecular formula is C22H28N2O. The second-order valence-corrected chi connectivity index (χ2v) is 7.31. The first-order chi connectivity index (χ1) is 12.4. The molecule has 132 valence electrons. The molecule has 3 heteroatoms. The zero-order valence-corrected chi connectivity index (χ0v) is 14.9. The smallest absolute Gasteiger partial charge is 0.124 e. The summed E-state index contributed by atoms with van der Waals surface area (Å²) < 4.78 is 6.20. The quantitative estimate of drug-likeness (QED) is 0.879. The van der Waals surface area contributed by atoms with Crippen LogP contribution in [-0.2, 0) is 13.2 Å². The lowest BCUT2D eigenvalue weighted by atomic mass is 9.93. The highest BCUT2D eigenvalue weighted by molar-refractivity contribution is 5.45. The van der Waals surface area contributed by atoms with Crippen LogP contribution in [0, 0.1) is 0 Å². The molecule has 1 aliphatic heterocycles. The molecule has 1 saturated carbocycles. The van der Waals surface area contributed by atoms with Gasteiger partial charge in [-0.05, 0) is 30.0 Å². The molecule has 1 aliphatic carbocycles. The summed E-state index contributed by atoms with van der Waals surface area (Å²) in [7, 11) is 0. The van der Waals surface area contributed by atoms with Crippen molar-refractivity contribution in [3.63, 3.8) is 0 Å². The molecule has 1 heterocycles. The van der Waals surface area contributed by atoms with Crippen molar-refractivity contribution >= 4 is 0 Å². The number of nitrogens with two attached hydrogens (primary N) is 1. The molecule has 0 bridgehead atoms. The Kier molecular flexibility index (Phi) is 5.04. The molecule has 0 saturated heterocycles. The van der Waals surface area contributed by atoms with Crippen molar-refractivity contribution in [3.8, 4) is 5.75 Å². The Labute approximate surface area is 150 Å². The normalized spacial score (nSPS) is 21.2.